The molecule has 2 aromatic carbocycles. The van der Waals surface area contributed by atoms with E-state index in [0.717, 1.165) is 16.8 Å². The number of aromatic nitrogens is 2. The van der Waals surface area contributed by atoms with Crippen molar-refractivity contribution in [3.8, 4) is 22.7 Å². The third-order valence-corrected chi connectivity index (χ3v) is 3.44. The van der Waals surface area contributed by atoms with Gasteiger partial charge in [-0.05, 0) is 29.8 Å². The van der Waals surface area contributed by atoms with Crippen LogP contribution in [0.5, 0.6) is 5.88 Å². The van der Waals surface area contributed by atoms with Crippen molar-refractivity contribution >= 4 is 17.6 Å². The second-order valence-electron chi connectivity index (χ2n) is 4.82. The van der Waals surface area contributed by atoms with Gasteiger partial charge in [0.1, 0.15) is 0 Å². The van der Waals surface area contributed by atoms with E-state index < -0.39 is 12.6 Å². The van der Waals surface area contributed by atoms with Gasteiger partial charge in [-0.15, -0.1) is 5.10 Å². The van der Waals surface area contributed by atoms with E-state index in [2.05, 4.69) is 5.10 Å². The normalized spacial score (nSPS) is 10.5. The topological polar surface area (TPSA) is 64.3 Å². The first-order valence-electron chi connectivity index (χ1n) is 6.89. The molecule has 0 amide bonds. The summed E-state index contributed by atoms with van der Waals surface area (Å²) in [6.45, 7) is -0.447. The van der Waals surface area contributed by atoms with Crippen LogP contribution in [-0.2, 0) is 4.79 Å². The molecule has 0 atom stereocenters. The summed E-state index contributed by atoms with van der Waals surface area (Å²) < 4.78 is 6.96. The molecule has 116 valence electrons. The van der Waals surface area contributed by atoms with Crippen molar-refractivity contribution in [3.05, 3.63) is 65.8 Å². The number of carboxylic acids is 1. The molecule has 1 N–H and O–H groups in total. The summed E-state index contributed by atoms with van der Waals surface area (Å²) in [5.41, 5.74) is 2.42. The first-order valence-corrected chi connectivity index (χ1v) is 7.27. The maximum atomic E-state index is 10.8. The van der Waals surface area contributed by atoms with E-state index in [4.69, 9.17) is 21.4 Å². The van der Waals surface area contributed by atoms with Gasteiger partial charge in [-0.1, -0.05) is 41.9 Å². The Labute approximate surface area is 137 Å². The number of hydrogen-bond donors (Lipinski definition) is 1. The van der Waals surface area contributed by atoms with Gasteiger partial charge in [-0.25, -0.2) is 9.48 Å². The van der Waals surface area contributed by atoms with Crippen LogP contribution in [0, 0.1) is 0 Å². The molecule has 0 bridgehead atoms. The Bertz CT molecular complexity index is 814. The standard InChI is InChI=1S/C17H13ClN2O3/c18-13-6-8-14(9-7-13)20-10-15(12-4-2-1-3-5-12)17(19-20)23-11-16(21)22/h1-10H,11H2,(H,21,22). The molecule has 1 heterocycles. The zero-order valence-corrected chi connectivity index (χ0v) is 12.8. The SMILES string of the molecule is O=C(O)COc1nn(-c2ccc(Cl)cc2)cc1-c1ccccc1. The van der Waals surface area contributed by atoms with Crippen LogP contribution in [0.15, 0.2) is 60.8 Å². The van der Waals surface area contributed by atoms with E-state index in [-0.39, 0.29) is 5.88 Å². The van der Waals surface area contributed by atoms with Gasteiger partial charge in [0.25, 0.3) is 0 Å². The average molecular weight is 329 g/mol. The highest BCUT2D eigenvalue weighted by atomic mass is 35.5. The Balaban J connectivity index is 2.02. The fraction of sp³-hybridized carbons (Fsp3) is 0.0588. The van der Waals surface area contributed by atoms with Gasteiger partial charge in [-0.2, -0.15) is 0 Å². The van der Waals surface area contributed by atoms with Crippen LogP contribution in [-0.4, -0.2) is 27.5 Å². The third kappa shape index (κ3) is 3.52. The first kappa shape index (κ1) is 15.1. The van der Waals surface area contributed by atoms with Gasteiger partial charge in [-0.3, -0.25) is 0 Å². The van der Waals surface area contributed by atoms with Crippen molar-refractivity contribution in [2.24, 2.45) is 0 Å². The largest absolute Gasteiger partial charge is 0.479 e. The lowest BCUT2D eigenvalue weighted by Gasteiger charge is -2.02. The molecule has 3 rings (SSSR count). The van der Waals surface area contributed by atoms with Gasteiger partial charge in [0.2, 0.25) is 5.88 Å². The molecule has 3 aromatic rings. The molecule has 5 nitrogen and oxygen atoms in total. The zero-order valence-electron chi connectivity index (χ0n) is 12.0. The number of halogens is 1. The number of hydrogen-bond acceptors (Lipinski definition) is 3. The minimum atomic E-state index is -1.05. The van der Waals surface area contributed by atoms with Crippen LogP contribution in [0.2, 0.25) is 5.02 Å². The molecule has 0 aliphatic rings. The van der Waals surface area contributed by atoms with E-state index in [1.165, 1.54) is 0 Å². The van der Waals surface area contributed by atoms with Gasteiger partial charge >= 0.3 is 5.97 Å². The van der Waals surface area contributed by atoms with Crippen molar-refractivity contribution in [2.75, 3.05) is 6.61 Å². The van der Waals surface area contributed by atoms with Crippen molar-refractivity contribution in [3.63, 3.8) is 0 Å². The Morgan fingerprint density at radius 3 is 2.48 bits per heavy atom. The van der Waals surface area contributed by atoms with Crippen LogP contribution in [0.3, 0.4) is 0 Å². The number of nitrogens with zero attached hydrogens (tertiary/aromatic N) is 2. The number of carboxylic acid groups (broad SMARTS) is 1. The second kappa shape index (κ2) is 6.54. The molecular weight excluding hydrogens is 316 g/mol. The molecule has 0 radical (unpaired) electrons. The van der Waals surface area contributed by atoms with E-state index in [9.17, 15) is 4.79 Å². The molecule has 0 aliphatic carbocycles. The maximum absolute atomic E-state index is 10.8. The van der Waals surface area contributed by atoms with Crippen molar-refractivity contribution in [1.29, 1.82) is 0 Å². The van der Waals surface area contributed by atoms with E-state index in [1.54, 1.807) is 23.0 Å². The Morgan fingerprint density at radius 1 is 1.13 bits per heavy atom. The zero-order chi connectivity index (χ0) is 16.2. The molecular formula is C17H13ClN2O3. The molecule has 0 spiro atoms. The summed E-state index contributed by atoms with van der Waals surface area (Å²) in [6, 6.07) is 16.7. The van der Waals surface area contributed by atoms with Crippen molar-refractivity contribution in [2.45, 2.75) is 0 Å². The molecule has 23 heavy (non-hydrogen) atoms. The summed E-state index contributed by atoms with van der Waals surface area (Å²) in [6.07, 6.45) is 1.80. The Kier molecular flexibility index (Phi) is 4.30. The fourth-order valence-corrected chi connectivity index (χ4v) is 2.26. The third-order valence-electron chi connectivity index (χ3n) is 3.19. The summed E-state index contributed by atoms with van der Waals surface area (Å²) in [5.74, 6) is -0.779. The van der Waals surface area contributed by atoms with Crippen LogP contribution in [0.25, 0.3) is 16.8 Å². The van der Waals surface area contributed by atoms with E-state index in [1.807, 2.05) is 42.5 Å². The predicted octanol–water partition coefficient (Wildman–Crippen LogP) is 3.66. The van der Waals surface area contributed by atoms with Crippen LogP contribution in [0.4, 0.5) is 0 Å². The minimum Gasteiger partial charge on any atom is -0.479 e. The monoisotopic (exact) mass is 328 g/mol. The number of ether oxygens (including phenoxy) is 1. The van der Waals surface area contributed by atoms with Gasteiger partial charge in [0.05, 0.1) is 11.3 Å². The van der Waals surface area contributed by atoms with Crippen LogP contribution >= 0.6 is 11.6 Å². The molecule has 0 saturated heterocycles. The maximum Gasteiger partial charge on any atom is 0.341 e. The highest BCUT2D eigenvalue weighted by molar-refractivity contribution is 6.30. The molecule has 6 heteroatoms. The van der Waals surface area contributed by atoms with Gasteiger partial charge in [0.15, 0.2) is 6.61 Å². The van der Waals surface area contributed by atoms with Gasteiger partial charge in [0, 0.05) is 11.2 Å². The van der Waals surface area contributed by atoms with Crippen molar-refractivity contribution < 1.29 is 14.6 Å². The smallest absolute Gasteiger partial charge is 0.341 e. The molecule has 0 saturated carbocycles. The lowest BCUT2D eigenvalue weighted by atomic mass is 10.1. The number of benzene rings is 2. The lowest BCUT2D eigenvalue weighted by Crippen LogP contribution is -2.10. The lowest BCUT2D eigenvalue weighted by molar-refractivity contribution is -0.139. The summed E-state index contributed by atoms with van der Waals surface area (Å²) in [7, 11) is 0. The number of rotatable bonds is 5. The highest BCUT2D eigenvalue weighted by Crippen LogP contribution is 2.30. The number of aliphatic carboxylic acids is 1. The summed E-state index contributed by atoms with van der Waals surface area (Å²) >= 11 is 5.90. The van der Waals surface area contributed by atoms with E-state index in [0.29, 0.717) is 5.02 Å². The minimum absolute atomic E-state index is 0.272. The van der Waals surface area contributed by atoms with Gasteiger partial charge < -0.3 is 9.84 Å². The molecule has 0 aliphatic heterocycles. The second-order valence-corrected chi connectivity index (χ2v) is 5.25. The fourth-order valence-electron chi connectivity index (χ4n) is 2.14. The van der Waals surface area contributed by atoms with Crippen molar-refractivity contribution in [1.82, 2.24) is 9.78 Å². The summed E-state index contributed by atoms with van der Waals surface area (Å²) in [4.78, 5) is 10.8. The number of carbonyl (C=O) groups is 1. The Morgan fingerprint density at radius 2 is 1.83 bits per heavy atom. The molecule has 1 aromatic heterocycles. The summed E-state index contributed by atoms with van der Waals surface area (Å²) in [5, 5.41) is 13.8. The highest BCUT2D eigenvalue weighted by Gasteiger charge is 2.14. The van der Waals surface area contributed by atoms with Crippen LogP contribution < -0.4 is 4.74 Å². The predicted molar refractivity (Wildman–Crippen MR) is 87.1 cm³/mol. The first-order chi connectivity index (χ1) is 11.1. The Hall–Kier alpha value is -2.79. The van der Waals surface area contributed by atoms with Crippen LogP contribution in [0.1, 0.15) is 0 Å². The molecule has 0 unspecified atom stereocenters. The van der Waals surface area contributed by atoms with E-state index >= 15 is 0 Å². The average Bonchev–Trinajstić information content (AvgIpc) is 2.98. The quantitative estimate of drug-likeness (QED) is 0.776. The molecule has 0 fully saturated rings.